The molecule has 8 heteroatoms. The molecule has 1 saturated heterocycles. The number of benzene rings is 1. The van der Waals surface area contributed by atoms with Gasteiger partial charge in [-0.15, -0.1) is 0 Å². The van der Waals surface area contributed by atoms with Gasteiger partial charge in [0.15, 0.2) is 0 Å². The van der Waals surface area contributed by atoms with Gasteiger partial charge < -0.3 is 10.6 Å². The van der Waals surface area contributed by atoms with Crippen LogP contribution in [0.25, 0.3) is 0 Å². The minimum absolute atomic E-state index is 0.104. The van der Waals surface area contributed by atoms with Gasteiger partial charge in [-0.2, -0.15) is 13.2 Å². The molecule has 4 aliphatic carbocycles. The monoisotopic (exact) mass is 470 g/mol. The zero-order valence-corrected chi connectivity index (χ0v) is 17.2. The maximum absolute atomic E-state index is 12.9. The Labute approximate surface area is 175 Å². The average molecular weight is 471 g/mol. The second-order valence-corrected chi connectivity index (χ2v) is 10.3. The molecule has 1 heterocycles. The number of alkyl halides is 4. The van der Waals surface area contributed by atoms with Crippen molar-refractivity contribution >= 4 is 27.7 Å². The lowest BCUT2D eigenvalue weighted by atomic mass is 9.46. The van der Waals surface area contributed by atoms with E-state index in [1.807, 2.05) is 0 Å². The first kappa shape index (κ1) is 19.4. The molecule has 5 aliphatic rings. The summed E-state index contributed by atoms with van der Waals surface area (Å²) in [6.45, 7) is 0. The van der Waals surface area contributed by atoms with Crippen molar-refractivity contribution in [3.05, 3.63) is 35.4 Å². The summed E-state index contributed by atoms with van der Waals surface area (Å²) in [5, 5.41) is 0. The Morgan fingerprint density at radius 1 is 1.10 bits per heavy atom. The molecule has 6 rings (SSSR count). The molecule has 2 N–H and O–H groups in total. The Morgan fingerprint density at radius 3 is 2.21 bits per heavy atom. The van der Waals surface area contributed by atoms with Gasteiger partial charge in [0.25, 0.3) is 0 Å². The van der Waals surface area contributed by atoms with E-state index < -0.39 is 22.0 Å². The fraction of sp³-hybridized carbons (Fsp3) is 0.619. The van der Waals surface area contributed by atoms with Crippen molar-refractivity contribution in [3.63, 3.8) is 0 Å². The third-order valence-electron chi connectivity index (χ3n) is 7.69. The van der Waals surface area contributed by atoms with Gasteiger partial charge in [-0.05, 0) is 67.6 Å². The standard InChI is InChI=1S/C21H22BrF3N2O2/c22-15-16(12-1-3-14(4-2-12)21(23,24)25)27(18(15)28)17-13-6-10-5-11(7-13)9-20(17,8-10)19(26)29/h1-4,10-11,13,15-17H,5-9H2,(H2,26,29). The Bertz CT molecular complexity index is 858. The molecular formula is C21H22BrF3N2O2. The number of primary amides is 1. The molecule has 0 aromatic heterocycles. The van der Waals surface area contributed by atoms with Crippen LogP contribution in [0.4, 0.5) is 13.2 Å². The number of hydrogen-bond donors (Lipinski definition) is 1. The number of β-lactam (4-membered cyclic amide) rings is 1. The fourth-order valence-corrected chi connectivity index (χ4v) is 7.63. The van der Waals surface area contributed by atoms with Crippen molar-refractivity contribution in [3.8, 4) is 0 Å². The fourth-order valence-electron chi connectivity index (χ4n) is 6.84. The number of nitrogens with two attached hydrogens (primary N) is 1. The summed E-state index contributed by atoms with van der Waals surface area (Å²) in [4.78, 5) is 26.8. The molecule has 5 unspecified atom stereocenters. The lowest BCUT2D eigenvalue weighted by Crippen LogP contribution is -2.72. The highest BCUT2D eigenvalue weighted by molar-refractivity contribution is 9.10. The van der Waals surface area contributed by atoms with E-state index in [1.54, 1.807) is 4.90 Å². The molecule has 5 fully saturated rings. The van der Waals surface area contributed by atoms with Gasteiger partial charge in [-0.25, -0.2) is 0 Å². The maximum Gasteiger partial charge on any atom is 0.416 e. The number of hydrogen-bond acceptors (Lipinski definition) is 2. The highest BCUT2D eigenvalue weighted by Gasteiger charge is 2.66. The van der Waals surface area contributed by atoms with Gasteiger partial charge in [-0.3, -0.25) is 9.59 Å². The predicted molar refractivity (Wildman–Crippen MR) is 103 cm³/mol. The molecule has 1 aliphatic heterocycles. The average Bonchev–Trinajstić information content (AvgIpc) is 2.65. The summed E-state index contributed by atoms with van der Waals surface area (Å²) in [5.74, 6) is 0.759. The summed E-state index contributed by atoms with van der Waals surface area (Å²) >= 11 is 3.42. The van der Waals surface area contributed by atoms with Crippen molar-refractivity contribution in [2.24, 2.45) is 28.9 Å². The zero-order chi connectivity index (χ0) is 20.7. The van der Waals surface area contributed by atoms with E-state index in [-0.39, 0.29) is 29.8 Å². The van der Waals surface area contributed by atoms with E-state index in [0.29, 0.717) is 17.4 Å². The first-order chi connectivity index (χ1) is 13.6. The van der Waals surface area contributed by atoms with Gasteiger partial charge in [0, 0.05) is 6.04 Å². The van der Waals surface area contributed by atoms with Crippen LogP contribution in [0.3, 0.4) is 0 Å². The van der Waals surface area contributed by atoms with Crippen LogP contribution in [0.1, 0.15) is 49.3 Å². The Hall–Kier alpha value is -1.57. The van der Waals surface area contributed by atoms with Crippen LogP contribution in [0.5, 0.6) is 0 Å². The number of rotatable bonds is 3. The predicted octanol–water partition coefficient (Wildman–Crippen LogP) is 4.03. The number of nitrogens with zero attached hydrogens (tertiary/aromatic N) is 1. The van der Waals surface area contributed by atoms with E-state index in [4.69, 9.17) is 5.73 Å². The van der Waals surface area contributed by atoms with Crippen LogP contribution < -0.4 is 5.73 Å². The number of carbonyl (C=O) groups excluding carboxylic acids is 2. The smallest absolute Gasteiger partial charge is 0.369 e. The van der Waals surface area contributed by atoms with Crippen LogP contribution in [-0.2, 0) is 15.8 Å². The lowest BCUT2D eigenvalue weighted by molar-refractivity contribution is -0.185. The molecule has 0 spiro atoms. The van der Waals surface area contributed by atoms with Gasteiger partial charge in [0.05, 0.1) is 17.0 Å². The minimum Gasteiger partial charge on any atom is -0.369 e. The number of amides is 2. The molecule has 5 atom stereocenters. The second-order valence-electron chi connectivity index (χ2n) is 9.28. The lowest BCUT2D eigenvalue weighted by Gasteiger charge is -2.65. The Balaban J connectivity index is 1.51. The van der Waals surface area contributed by atoms with Gasteiger partial charge in [-0.1, -0.05) is 28.1 Å². The van der Waals surface area contributed by atoms with Crippen LogP contribution in [0.15, 0.2) is 24.3 Å². The molecule has 4 nitrogen and oxygen atoms in total. The number of carbonyl (C=O) groups is 2. The van der Waals surface area contributed by atoms with Crippen molar-refractivity contribution in [1.29, 1.82) is 0 Å². The van der Waals surface area contributed by atoms with E-state index in [0.717, 1.165) is 44.2 Å². The third kappa shape index (κ3) is 2.70. The quantitative estimate of drug-likeness (QED) is 0.535. The van der Waals surface area contributed by atoms with Gasteiger partial charge in [0.1, 0.15) is 4.83 Å². The normalized spacial score (nSPS) is 40.8. The summed E-state index contributed by atoms with van der Waals surface area (Å²) in [7, 11) is 0. The van der Waals surface area contributed by atoms with Gasteiger partial charge in [0.2, 0.25) is 11.8 Å². The summed E-state index contributed by atoms with van der Waals surface area (Å²) in [5.41, 5.74) is 5.14. The molecule has 4 bridgehead atoms. The first-order valence-corrected chi connectivity index (χ1v) is 11.0. The van der Waals surface area contributed by atoms with Crippen molar-refractivity contribution in [1.82, 2.24) is 4.90 Å². The van der Waals surface area contributed by atoms with Crippen molar-refractivity contribution in [2.45, 2.75) is 55.2 Å². The largest absolute Gasteiger partial charge is 0.416 e. The number of halogens is 4. The van der Waals surface area contributed by atoms with Crippen LogP contribution in [-0.4, -0.2) is 27.6 Å². The molecular weight excluding hydrogens is 449 g/mol. The molecule has 156 valence electrons. The highest BCUT2D eigenvalue weighted by Crippen LogP contribution is 2.63. The third-order valence-corrected chi connectivity index (χ3v) is 8.59. The molecule has 1 aromatic carbocycles. The van der Waals surface area contributed by atoms with Crippen LogP contribution in [0.2, 0.25) is 0 Å². The highest BCUT2D eigenvalue weighted by atomic mass is 79.9. The van der Waals surface area contributed by atoms with Crippen LogP contribution in [0, 0.1) is 23.2 Å². The first-order valence-electron chi connectivity index (χ1n) is 10.0. The minimum atomic E-state index is -4.40. The topological polar surface area (TPSA) is 63.4 Å². The summed E-state index contributed by atoms with van der Waals surface area (Å²) in [6, 6.07) is 4.33. The Morgan fingerprint density at radius 2 is 1.69 bits per heavy atom. The molecule has 2 amide bonds. The van der Waals surface area contributed by atoms with E-state index in [2.05, 4.69) is 15.9 Å². The van der Waals surface area contributed by atoms with E-state index in [9.17, 15) is 22.8 Å². The maximum atomic E-state index is 12.9. The molecule has 1 aromatic rings. The summed E-state index contributed by atoms with van der Waals surface area (Å²) < 4.78 is 38.8. The molecule has 0 radical (unpaired) electrons. The summed E-state index contributed by atoms with van der Waals surface area (Å²) in [6.07, 6.45) is 0.154. The Kier molecular flexibility index (Phi) is 4.16. The van der Waals surface area contributed by atoms with Crippen molar-refractivity contribution < 1.29 is 22.8 Å². The van der Waals surface area contributed by atoms with Crippen LogP contribution >= 0.6 is 15.9 Å². The van der Waals surface area contributed by atoms with Gasteiger partial charge >= 0.3 is 6.18 Å². The van der Waals surface area contributed by atoms with E-state index in [1.165, 1.54) is 12.1 Å². The zero-order valence-electron chi connectivity index (χ0n) is 15.7. The molecule has 4 saturated carbocycles. The van der Waals surface area contributed by atoms with E-state index >= 15 is 0 Å². The molecule has 29 heavy (non-hydrogen) atoms. The van der Waals surface area contributed by atoms with Crippen molar-refractivity contribution in [2.75, 3.05) is 0 Å². The SMILES string of the molecule is NC(=O)C12CC3CC(CC(C3)C1N1C(=O)C(Br)C1c1ccc(C(F)(F)F)cc1)C2. The number of likely N-dealkylation sites (tertiary alicyclic amines) is 1. The second kappa shape index (κ2) is 6.22.